The fourth-order valence-corrected chi connectivity index (χ4v) is 1.64. The number of carbonyl (C=O) groups excluding carboxylic acids is 1. The Morgan fingerprint density at radius 2 is 2.12 bits per heavy atom. The minimum Gasteiger partial charge on any atom is -0.461 e. The summed E-state index contributed by atoms with van der Waals surface area (Å²) in [6.07, 6.45) is 1.31. The molecule has 1 N–H and O–H groups in total. The zero-order valence-corrected chi connectivity index (χ0v) is 11.4. The SMILES string of the molecule is CCCC(=O)OCc1cccc(C)c1NC.Cl. The van der Waals surface area contributed by atoms with Crippen molar-refractivity contribution >= 4 is 24.1 Å². The van der Waals surface area contributed by atoms with Crippen molar-refractivity contribution in [3.8, 4) is 0 Å². The highest BCUT2D eigenvalue weighted by atomic mass is 35.5. The van der Waals surface area contributed by atoms with Gasteiger partial charge in [0.15, 0.2) is 0 Å². The summed E-state index contributed by atoms with van der Waals surface area (Å²) in [7, 11) is 1.87. The summed E-state index contributed by atoms with van der Waals surface area (Å²) in [4.78, 5) is 11.3. The Bertz CT molecular complexity index is 366. The molecule has 0 aliphatic carbocycles. The summed E-state index contributed by atoms with van der Waals surface area (Å²) < 4.78 is 5.19. The smallest absolute Gasteiger partial charge is 0.306 e. The second-order valence-corrected chi connectivity index (χ2v) is 3.77. The second kappa shape index (κ2) is 7.96. The fourth-order valence-electron chi connectivity index (χ4n) is 1.64. The average Bonchev–Trinajstić information content (AvgIpc) is 2.27. The van der Waals surface area contributed by atoms with Crippen molar-refractivity contribution in [3.63, 3.8) is 0 Å². The molecule has 0 radical (unpaired) electrons. The lowest BCUT2D eigenvalue weighted by Gasteiger charge is -2.12. The van der Waals surface area contributed by atoms with Gasteiger partial charge < -0.3 is 10.1 Å². The lowest BCUT2D eigenvalue weighted by Crippen LogP contribution is -2.06. The van der Waals surface area contributed by atoms with E-state index < -0.39 is 0 Å². The van der Waals surface area contributed by atoms with Crippen molar-refractivity contribution in [2.75, 3.05) is 12.4 Å². The molecular formula is C13H20ClNO2. The number of rotatable bonds is 5. The molecule has 1 aromatic rings. The molecular weight excluding hydrogens is 238 g/mol. The molecule has 0 atom stereocenters. The monoisotopic (exact) mass is 257 g/mol. The average molecular weight is 258 g/mol. The van der Waals surface area contributed by atoms with Crippen LogP contribution in [-0.4, -0.2) is 13.0 Å². The maximum Gasteiger partial charge on any atom is 0.306 e. The van der Waals surface area contributed by atoms with E-state index in [0.29, 0.717) is 13.0 Å². The van der Waals surface area contributed by atoms with Gasteiger partial charge in [-0.15, -0.1) is 12.4 Å². The van der Waals surface area contributed by atoms with Gasteiger partial charge in [0.1, 0.15) is 6.61 Å². The Labute approximate surface area is 109 Å². The molecule has 0 aliphatic rings. The van der Waals surface area contributed by atoms with Gasteiger partial charge in [-0.05, 0) is 18.9 Å². The van der Waals surface area contributed by atoms with Crippen molar-refractivity contribution in [2.24, 2.45) is 0 Å². The van der Waals surface area contributed by atoms with Gasteiger partial charge in [0.2, 0.25) is 0 Å². The third-order valence-electron chi connectivity index (χ3n) is 2.45. The Morgan fingerprint density at radius 3 is 2.71 bits per heavy atom. The van der Waals surface area contributed by atoms with Gasteiger partial charge in [0.25, 0.3) is 0 Å². The number of aryl methyl sites for hydroxylation is 1. The summed E-state index contributed by atoms with van der Waals surface area (Å²) in [6, 6.07) is 5.97. The highest BCUT2D eigenvalue weighted by Crippen LogP contribution is 2.20. The minimum absolute atomic E-state index is 0. The molecule has 1 rings (SSSR count). The topological polar surface area (TPSA) is 38.3 Å². The molecule has 0 amide bonds. The number of halogens is 1. The van der Waals surface area contributed by atoms with E-state index in [1.165, 1.54) is 0 Å². The van der Waals surface area contributed by atoms with Crippen LogP contribution in [0.25, 0.3) is 0 Å². The number of hydrogen-bond acceptors (Lipinski definition) is 3. The minimum atomic E-state index is -0.133. The number of carbonyl (C=O) groups is 1. The van der Waals surface area contributed by atoms with Crippen LogP contribution in [0.3, 0.4) is 0 Å². The molecule has 17 heavy (non-hydrogen) atoms. The number of hydrogen-bond donors (Lipinski definition) is 1. The number of benzene rings is 1. The Hall–Kier alpha value is -1.22. The molecule has 0 aromatic heterocycles. The molecule has 0 saturated carbocycles. The van der Waals surface area contributed by atoms with E-state index in [1.54, 1.807) is 0 Å². The predicted octanol–water partition coefficient (Wildman–Crippen LogP) is 3.30. The van der Waals surface area contributed by atoms with E-state index in [-0.39, 0.29) is 18.4 Å². The van der Waals surface area contributed by atoms with Crippen LogP contribution in [0.2, 0.25) is 0 Å². The summed E-state index contributed by atoms with van der Waals surface area (Å²) >= 11 is 0. The first-order valence-corrected chi connectivity index (χ1v) is 5.61. The van der Waals surface area contributed by atoms with Crippen LogP contribution < -0.4 is 5.32 Å². The molecule has 1 aromatic carbocycles. The molecule has 0 heterocycles. The Morgan fingerprint density at radius 1 is 1.41 bits per heavy atom. The lowest BCUT2D eigenvalue weighted by atomic mass is 10.1. The van der Waals surface area contributed by atoms with E-state index in [0.717, 1.165) is 23.2 Å². The summed E-state index contributed by atoms with van der Waals surface area (Å²) in [5, 5.41) is 3.13. The summed E-state index contributed by atoms with van der Waals surface area (Å²) in [5.41, 5.74) is 3.23. The van der Waals surface area contributed by atoms with Crippen LogP contribution in [-0.2, 0) is 16.1 Å². The zero-order valence-electron chi connectivity index (χ0n) is 10.6. The fraction of sp³-hybridized carbons (Fsp3) is 0.462. The van der Waals surface area contributed by atoms with E-state index in [2.05, 4.69) is 5.32 Å². The number of esters is 1. The summed E-state index contributed by atoms with van der Waals surface area (Å²) in [6.45, 7) is 4.34. The van der Waals surface area contributed by atoms with Crippen LogP contribution in [0.4, 0.5) is 5.69 Å². The van der Waals surface area contributed by atoms with Gasteiger partial charge in [-0.2, -0.15) is 0 Å². The lowest BCUT2D eigenvalue weighted by molar-refractivity contribution is -0.144. The first kappa shape index (κ1) is 15.8. The highest BCUT2D eigenvalue weighted by Gasteiger charge is 2.06. The third-order valence-corrected chi connectivity index (χ3v) is 2.45. The molecule has 0 unspecified atom stereocenters. The molecule has 0 fully saturated rings. The van der Waals surface area contributed by atoms with Crippen molar-refractivity contribution in [3.05, 3.63) is 29.3 Å². The second-order valence-electron chi connectivity index (χ2n) is 3.77. The van der Waals surface area contributed by atoms with Crippen molar-refractivity contribution < 1.29 is 9.53 Å². The van der Waals surface area contributed by atoms with Gasteiger partial charge in [-0.1, -0.05) is 25.1 Å². The molecule has 0 bridgehead atoms. The predicted molar refractivity (Wildman–Crippen MR) is 72.7 cm³/mol. The number of nitrogens with one attached hydrogen (secondary N) is 1. The quantitative estimate of drug-likeness (QED) is 0.823. The van der Waals surface area contributed by atoms with Gasteiger partial charge in [-0.3, -0.25) is 4.79 Å². The van der Waals surface area contributed by atoms with E-state index >= 15 is 0 Å². The van der Waals surface area contributed by atoms with E-state index in [1.807, 2.05) is 39.1 Å². The van der Waals surface area contributed by atoms with Gasteiger partial charge in [0.05, 0.1) is 0 Å². The zero-order chi connectivity index (χ0) is 12.0. The largest absolute Gasteiger partial charge is 0.461 e. The molecule has 3 nitrogen and oxygen atoms in total. The van der Waals surface area contributed by atoms with Crippen LogP contribution in [0.1, 0.15) is 30.9 Å². The maximum absolute atomic E-state index is 11.3. The molecule has 0 saturated heterocycles. The standard InChI is InChI=1S/C13H19NO2.ClH/c1-4-6-12(15)16-9-11-8-5-7-10(2)13(11)14-3;/h5,7-8,14H,4,6,9H2,1-3H3;1H. The molecule has 4 heteroatoms. The number of ether oxygens (including phenoxy) is 1. The van der Waals surface area contributed by atoms with Crippen LogP contribution in [0.15, 0.2) is 18.2 Å². The van der Waals surface area contributed by atoms with Crippen LogP contribution >= 0.6 is 12.4 Å². The van der Waals surface area contributed by atoms with Crippen LogP contribution in [0, 0.1) is 6.92 Å². The van der Waals surface area contributed by atoms with Gasteiger partial charge in [0, 0.05) is 24.7 Å². The number of para-hydroxylation sites is 1. The first-order chi connectivity index (χ1) is 7.69. The summed E-state index contributed by atoms with van der Waals surface area (Å²) in [5.74, 6) is -0.133. The van der Waals surface area contributed by atoms with Crippen LogP contribution in [0.5, 0.6) is 0 Å². The number of anilines is 1. The maximum atomic E-state index is 11.3. The van der Waals surface area contributed by atoms with E-state index in [4.69, 9.17) is 4.74 Å². The third kappa shape index (κ3) is 4.65. The van der Waals surface area contributed by atoms with Gasteiger partial charge >= 0.3 is 5.97 Å². The molecule has 96 valence electrons. The van der Waals surface area contributed by atoms with Crippen molar-refractivity contribution in [2.45, 2.75) is 33.3 Å². The van der Waals surface area contributed by atoms with Gasteiger partial charge in [-0.25, -0.2) is 0 Å². The van der Waals surface area contributed by atoms with Crippen molar-refractivity contribution in [1.82, 2.24) is 0 Å². The highest BCUT2D eigenvalue weighted by molar-refractivity contribution is 5.85. The van der Waals surface area contributed by atoms with E-state index in [9.17, 15) is 4.79 Å². The molecule has 0 spiro atoms. The Kier molecular flexibility index (Phi) is 7.39. The first-order valence-electron chi connectivity index (χ1n) is 5.61. The molecule has 0 aliphatic heterocycles. The van der Waals surface area contributed by atoms with Crippen molar-refractivity contribution in [1.29, 1.82) is 0 Å². The normalized spacial score (nSPS) is 9.35. The Balaban J connectivity index is 0.00000256.